The molecule has 3 aromatic carbocycles. The molecule has 0 bridgehead atoms. The topological polar surface area (TPSA) is 51.6 Å². The maximum absolute atomic E-state index is 4.71. The summed E-state index contributed by atoms with van der Waals surface area (Å²) < 4.78 is 0. The zero-order valence-corrected chi connectivity index (χ0v) is 16.0. The number of rotatable bonds is 2. The van der Waals surface area contributed by atoms with E-state index in [0.29, 0.717) is 0 Å². The molecule has 6 aromatic rings. The van der Waals surface area contributed by atoms with Gasteiger partial charge in [0.25, 0.3) is 0 Å². The molecular formula is C26H16N4. The summed E-state index contributed by atoms with van der Waals surface area (Å²) in [4.78, 5) is 17.7. The zero-order chi connectivity index (χ0) is 19.9. The van der Waals surface area contributed by atoms with E-state index in [1.54, 1.807) is 6.33 Å². The van der Waals surface area contributed by atoms with E-state index in [9.17, 15) is 0 Å². The largest absolute Gasteiger partial charge is 0.256 e. The van der Waals surface area contributed by atoms with Gasteiger partial charge in [0.15, 0.2) is 0 Å². The van der Waals surface area contributed by atoms with Gasteiger partial charge in [0, 0.05) is 45.9 Å². The van der Waals surface area contributed by atoms with Crippen molar-refractivity contribution in [3.05, 3.63) is 97.7 Å². The Hall–Kier alpha value is -4.18. The molecule has 6 rings (SSSR count). The molecule has 0 saturated heterocycles. The molecule has 3 heterocycles. The number of hydrogen-bond donors (Lipinski definition) is 0. The van der Waals surface area contributed by atoms with E-state index < -0.39 is 0 Å². The van der Waals surface area contributed by atoms with E-state index in [2.05, 4.69) is 63.5 Å². The number of pyridine rings is 2. The van der Waals surface area contributed by atoms with Crippen LogP contribution in [0.3, 0.4) is 0 Å². The maximum atomic E-state index is 4.71. The van der Waals surface area contributed by atoms with Crippen LogP contribution in [0, 0.1) is 0 Å². The predicted molar refractivity (Wildman–Crippen MR) is 121 cm³/mol. The van der Waals surface area contributed by atoms with Gasteiger partial charge in [-0.05, 0) is 41.3 Å². The Kier molecular flexibility index (Phi) is 3.74. The minimum atomic E-state index is 0.920. The summed E-state index contributed by atoms with van der Waals surface area (Å²) in [6.45, 7) is 0. The van der Waals surface area contributed by atoms with Crippen molar-refractivity contribution in [2.45, 2.75) is 0 Å². The molecule has 0 aliphatic carbocycles. The van der Waals surface area contributed by atoms with Crippen LogP contribution >= 0.6 is 0 Å². The minimum Gasteiger partial charge on any atom is -0.256 e. The summed E-state index contributed by atoms with van der Waals surface area (Å²) in [7, 11) is 0. The second kappa shape index (κ2) is 6.71. The fourth-order valence-electron chi connectivity index (χ4n) is 3.84. The first-order valence-corrected chi connectivity index (χ1v) is 9.79. The smallest absolute Gasteiger partial charge is 0.116 e. The predicted octanol–water partition coefficient (Wildman–Crippen LogP) is 6.06. The fourth-order valence-corrected chi connectivity index (χ4v) is 3.84. The molecule has 0 saturated carbocycles. The van der Waals surface area contributed by atoms with E-state index in [-0.39, 0.29) is 0 Å². The molecular weight excluding hydrogens is 368 g/mol. The van der Waals surface area contributed by atoms with Crippen LogP contribution in [0.5, 0.6) is 0 Å². The highest BCUT2D eigenvalue weighted by molar-refractivity contribution is 5.91. The molecule has 4 nitrogen and oxygen atoms in total. The molecule has 0 N–H and O–H groups in total. The molecule has 0 atom stereocenters. The third-order valence-electron chi connectivity index (χ3n) is 5.45. The number of fused-ring (bicyclic) bond motifs is 3. The molecule has 0 fully saturated rings. The Morgan fingerprint density at radius 2 is 1.33 bits per heavy atom. The SMILES string of the molecule is c1ccc2ncc(-c3ccc4cc(-c5ccc6cncnc6c5)ncc4c3)cc2c1. The Morgan fingerprint density at radius 1 is 0.467 bits per heavy atom. The van der Waals surface area contributed by atoms with Crippen molar-refractivity contribution in [1.29, 1.82) is 0 Å². The lowest BCUT2D eigenvalue weighted by atomic mass is 10.0. The second-order valence-electron chi connectivity index (χ2n) is 7.34. The highest BCUT2D eigenvalue weighted by Crippen LogP contribution is 2.29. The molecule has 30 heavy (non-hydrogen) atoms. The van der Waals surface area contributed by atoms with E-state index in [0.717, 1.165) is 55.0 Å². The van der Waals surface area contributed by atoms with Crippen molar-refractivity contribution in [2.24, 2.45) is 0 Å². The third-order valence-corrected chi connectivity index (χ3v) is 5.45. The van der Waals surface area contributed by atoms with Gasteiger partial charge in [0.1, 0.15) is 6.33 Å². The number of benzene rings is 3. The van der Waals surface area contributed by atoms with Crippen LogP contribution in [0.15, 0.2) is 97.7 Å². The third kappa shape index (κ3) is 2.86. The summed E-state index contributed by atoms with van der Waals surface area (Å²) >= 11 is 0. The fraction of sp³-hybridized carbons (Fsp3) is 0. The normalized spacial score (nSPS) is 11.3. The molecule has 4 heteroatoms. The van der Waals surface area contributed by atoms with Gasteiger partial charge in [-0.1, -0.05) is 42.5 Å². The summed E-state index contributed by atoms with van der Waals surface area (Å²) in [5, 5.41) is 4.42. The van der Waals surface area contributed by atoms with Crippen molar-refractivity contribution < 1.29 is 0 Å². The average molecular weight is 384 g/mol. The monoisotopic (exact) mass is 384 g/mol. The van der Waals surface area contributed by atoms with Crippen molar-refractivity contribution in [3.8, 4) is 22.4 Å². The van der Waals surface area contributed by atoms with Crippen LogP contribution < -0.4 is 0 Å². The summed E-state index contributed by atoms with van der Waals surface area (Å²) in [6.07, 6.45) is 7.27. The molecule has 0 aliphatic heterocycles. The van der Waals surface area contributed by atoms with Crippen LogP contribution in [0.25, 0.3) is 55.0 Å². The van der Waals surface area contributed by atoms with Crippen molar-refractivity contribution >= 4 is 32.6 Å². The lowest BCUT2D eigenvalue weighted by Gasteiger charge is -2.08. The van der Waals surface area contributed by atoms with Crippen LogP contribution in [0.2, 0.25) is 0 Å². The molecule has 0 unspecified atom stereocenters. The number of aromatic nitrogens is 4. The van der Waals surface area contributed by atoms with E-state index >= 15 is 0 Å². The molecule has 0 aliphatic rings. The first-order chi connectivity index (χ1) is 14.8. The first kappa shape index (κ1) is 16.7. The van der Waals surface area contributed by atoms with Gasteiger partial charge in [-0.15, -0.1) is 0 Å². The number of nitrogens with zero attached hydrogens (tertiary/aromatic N) is 4. The van der Waals surface area contributed by atoms with Crippen molar-refractivity contribution in [3.63, 3.8) is 0 Å². The quantitative estimate of drug-likeness (QED) is 0.364. The van der Waals surface area contributed by atoms with E-state index in [1.807, 2.05) is 42.9 Å². The lowest BCUT2D eigenvalue weighted by molar-refractivity contribution is 1.22. The zero-order valence-electron chi connectivity index (χ0n) is 16.0. The second-order valence-corrected chi connectivity index (χ2v) is 7.34. The minimum absolute atomic E-state index is 0.920. The average Bonchev–Trinajstić information content (AvgIpc) is 2.83. The highest BCUT2D eigenvalue weighted by Gasteiger charge is 2.06. The standard InChI is InChI=1S/C26H16N4/c1-2-4-24-19(3-1)10-23(14-28-24)17-5-6-18-11-25(29-15-22(18)9-17)20-7-8-21-13-27-16-30-26(21)12-20/h1-16H. The van der Waals surface area contributed by atoms with Gasteiger partial charge in [0.2, 0.25) is 0 Å². The van der Waals surface area contributed by atoms with Gasteiger partial charge in [0.05, 0.1) is 16.7 Å². The molecule has 0 amide bonds. The molecule has 140 valence electrons. The van der Waals surface area contributed by atoms with E-state index in [1.165, 1.54) is 0 Å². The van der Waals surface area contributed by atoms with Gasteiger partial charge in [-0.2, -0.15) is 0 Å². The van der Waals surface area contributed by atoms with Crippen LogP contribution in [0.4, 0.5) is 0 Å². The summed E-state index contributed by atoms with van der Waals surface area (Å²) in [5.41, 5.74) is 6.15. The molecule has 0 spiro atoms. The van der Waals surface area contributed by atoms with Crippen LogP contribution in [-0.4, -0.2) is 19.9 Å². The highest BCUT2D eigenvalue weighted by atomic mass is 14.8. The van der Waals surface area contributed by atoms with Gasteiger partial charge in [-0.25, -0.2) is 9.97 Å². The number of para-hydroxylation sites is 1. The maximum Gasteiger partial charge on any atom is 0.116 e. The number of hydrogen-bond acceptors (Lipinski definition) is 4. The van der Waals surface area contributed by atoms with Gasteiger partial charge >= 0.3 is 0 Å². The van der Waals surface area contributed by atoms with Crippen LogP contribution in [0.1, 0.15) is 0 Å². The Labute approximate surface area is 172 Å². The Morgan fingerprint density at radius 3 is 2.33 bits per heavy atom. The van der Waals surface area contributed by atoms with Crippen molar-refractivity contribution in [1.82, 2.24) is 19.9 Å². The Bertz CT molecular complexity index is 1440. The van der Waals surface area contributed by atoms with E-state index in [4.69, 9.17) is 4.98 Å². The van der Waals surface area contributed by atoms with Gasteiger partial charge in [-0.3, -0.25) is 9.97 Å². The lowest BCUT2D eigenvalue weighted by Crippen LogP contribution is -1.88. The first-order valence-electron chi connectivity index (χ1n) is 9.79. The molecule has 0 radical (unpaired) electrons. The summed E-state index contributed by atoms with van der Waals surface area (Å²) in [6, 6.07) is 25.1. The Balaban J connectivity index is 1.41. The molecule has 3 aromatic heterocycles. The summed E-state index contributed by atoms with van der Waals surface area (Å²) in [5.74, 6) is 0. The van der Waals surface area contributed by atoms with Gasteiger partial charge < -0.3 is 0 Å². The van der Waals surface area contributed by atoms with Crippen molar-refractivity contribution in [2.75, 3.05) is 0 Å². The van der Waals surface area contributed by atoms with Crippen LogP contribution in [-0.2, 0) is 0 Å².